The molecule has 0 fully saturated rings. The smallest absolute Gasteiger partial charge is 0.395 e. The molecule has 0 spiro atoms. The second-order valence-electron chi connectivity index (χ2n) is 5.44. The molecule has 1 aromatic carbocycles. The van der Waals surface area contributed by atoms with Crippen LogP contribution in [0.5, 0.6) is 11.5 Å². The molecule has 2 rings (SSSR count). The van der Waals surface area contributed by atoms with E-state index in [1.807, 2.05) is 0 Å². The van der Waals surface area contributed by atoms with Crippen LogP contribution in [-0.4, -0.2) is 17.5 Å². The van der Waals surface area contributed by atoms with Crippen molar-refractivity contribution >= 4 is 12.4 Å². The van der Waals surface area contributed by atoms with Crippen LogP contribution in [0.3, 0.4) is 0 Å². The maximum absolute atomic E-state index is 12.9. The highest BCUT2D eigenvalue weighted by atomic mass is 35.5. The van der Waals surface area contributed by atoms with Crippen molar-refractivity contribution < 1.29 is 23.4 Å². The van der Waals surface area contributed by atoms with E-state index in [-0.39, 0.29) is 23.9 Å². The van der Waals surface area contributed by atoms with Gasteiger partial charge in [-0.05, 0) is 36.5 Å². The summed E-state index contributed by atoms with van der Waals surface area (Å²) in [6.45, 7) is 4.11. The average Bonchev–Trinajstić information content (AvgIpc) is 2.67. The normalized spacial score (nSPS) is 18.2. The minimum atomic E-state index is -3.64. The van der Waals surface area contributed by atoms with Gasteiger partial charge < -0.3 is 20.3 Å². The van der Waals surface area contributed by atoms with Crippen LogP contribution >= 0.6 is 12.4 Å². The standard InChI is InChI=1S/C14H19F2NO3.ClH/c1-8(2)3-5-10(18)13(17)9-4-6-11-12(7-9)20-14(15,16)19-11;/h4,6-8,10,13,18H,3,5,17H2,1-2H3;1H/t10-,13+;/m1./s1. The third-order valence-electron chi connectivity index (χ3n) is 3.26. The maximum atomic E-state index is 12.9. The van der Waals surface area contributed by atoms with Gasteiger partial charge in [0.1, 0.15) is 0 Å². The highest BCUT2D eigenvalue weighted by Gasteiger charge is 2.43. The molecule has 0 unspecified atom stereocenters. The molecule has 0 saturated carbocycles. The Morgan fingerprint density at radius 2 is 1.81 bits per heavy atom. The summed E-state index contributed by atoms with van der Waals surface area (Å²) in [5.74, 6) is 0.383. The van der Waals surface area contributed by atoms with Crippen LogP contribution in [0.25, 0.3) is 0 Å². The lowest BCUT2D eigenvalue weighted by Crippen LogP contribution is -2.26. The Balaban J connectivity index is 0.00000220. The van der Waals surface area contributed by atoms with Crippen LogP contribution in [0.1, 0.15) is 38.3 Å². The van der Waals surface area contributed by atoms with Crippen molar-refractivity contribution in [3.05, 3.63) is 23.8 Å². The predicted molar refractivity (Wildman–Crippen MR) is 76.9 cm³/mol. The predicted octanol–water partition coefficient (Wildman–Crippen LogP) is 3.23. The van der Waals surface area contributed by atoms with Gasteiger partial charge in [-0.2, -0.15) is 0 Å². The van der Waals surface area contributed by atoms with Crippen molar-refractivity contribution in [2.24, 2.45) is 11.7 Å². The van der Waals surface area contributed by atoms with Crippen molar-refractivity contribution in [1.82, 2.24) is 0 Å². The molecular formula is C14H20ClF2NO3. The van der Waals surface area contributed by atoms with E-state index >= 15 is 0 Å². The Kier molecular flexibility index (Phi) is 5.78. The minimum Gasteiger partial charge on any atom is -0.395 e. The fourth-order valence-electron chi connectivity index (χ4n) is 2.08. The summed E-state index contributed by atoms with van der Waals surface area (Å²) >= 11 is 0. The summed E-state index contributed by atoms with van der Waals surface area (Å²) in [5, 5.41) is 10.0. The Morgan fingerprint density at radius 3 is 2.43 bits per heavy atom. The van der Waals surface area contributed by atoms with Crippen molar-refractivity contribution in [3.63, 3.8) is 0 Å². The first-order valence-corrected chi connectivity index (χ1v) is 6.62. The maximum Gasteiger partial charge on any atom is 0.586 e. The SMILES string of the molecule is CC(C)CC[C@@H](O)[C@@H](N)c1ccc2c(c1)OC(F)(F)O2.Cl. The first-order chi connectivity index (χ1) is 9.28. The summed E-state index contributed by atoms with van der Waals surface area (Å²) in [4.78, 5) is 0. The zero-order valence-electron chi connectivity index (χ0n) is 11.9. The van der Waals surface area contributed by atoms with Crippen LogP contribution in [0.15, 0.2) is 18.2 Å². The topological polar surface area (TPSA) is 64.7 Å². The van der Waals surface area contributed by atoms with Crippen molar-refractivity contribution in [3.8, 4) is 11.5 Å². The van der Waals surface area contributed by atoms with Crippen molar-refractivity contribution in [1.29, 1.82) is 0 Å². The number of rotatable bonds is 5. The van der Waals surface area contributed by atoms with Gasteiger partial charge in [-0.25, -0.2) is 0 Å². The molecule has 0 aliphatic carbocycles. The van der Waals surface area contributed by atoms with Crippen LogP contribution in [0.2, 0.25) is 0 Å². The Bertz CT molecular complexity index is 485. The summed E-state index contributed by atoms with van der Waals surface area (Å²) in [7, 11) is 0. The molecule has 120 valence electrons. The van der Waals surface area contributed by atoms with Crippen molar-refractivity contribution in [2.75, 3.05) is 0 Å². The molecule has 3 N–H and O–H groups in total. The number of ether oxygens (including phenoxy) is 2. The number of aliphatic hydroxyl groups is 1. The van der Waals surface area contributed by atoms with Crippen LogP contribution in [-0.2, 0) is 0 Å². The van der Waals surface area contributed by atoms with E-state index in [2.05, 4.69) is 23.3 Å². The molecule has 1 aliphatic heterocycles. The lowest BCUT2D eigenvalue weighted by atomic mass is 9.96. The lowest BCUT2D eigenvalue weighted by molar-refractivity contribution is -0.286. The molecule has 4 nitrogen and oxygen atoms in total. The van der Waals surface area contributed by atoms with Gasteiger partial charge in [0.2, 0.25) is 0 Å². The summed E-state index contributed by atoms with van der Waals surface area (Å²) in [6, 6.07) is 3.68. The molecular weight excluding hydrogens is 304 g/mol. The zero-order chi connectivity index (χ0) is 14.9. The monoisotopic (exact) mass is 323 g/mol. The molecule has 1 aliphatic rings. The van der Waals surface area contributed by atoms with Gasteiger partial charge in [0.05, 0.1) is 12.1 Å². The summed E-state index contributed by atoms with van der Waals surface area (Å²) < 4.78 is 34.5. The largest absolute Gasteiger partial charge is 0.586 e. The Labute approximate surface area is 128 Å². The van der Waals surface area contributed by atoms with Crippen LogP contribution < -0.4 is 15.2 Å². The molecule has 0 bridgehead atoms. The van der Waals surface area contributed by atoms with E-state index in [1.165, 1.54) is 12.1 Å². The average molecular weight is 324 g/mol. The van der Waals surface area contributed by atoms with Crippen LogP contribution in [0.4, 0.5) is 8.78 Å². The van der Waals surface area contributed by atoms with E-state index in [4.69, 9.17) is 5.73 Å². The van der Waals surface area contributed by atoms with Gasteiger partial charge in [0, 0.05) is 0 Å². The number of aliphatic hydroxyl groups excluding tert-OH is 1. The number of halogens is 3. The van der Waals surface area contributed by atoms with Gasteiger partial charge >= 0.3 is 6.29 Å². The number of hydrogen-bond donors (Lipinski definition) is 2. The van der Waals surface area contributed by atoms with Gasteiger partial charge in [-0.1, -0.05) is 19.9 Å². The van der Waals surface area contributed by atoms with Gasteiger partial charge in [0.25, 0.3) is 0 Å². The lowest BCUT2D eigenvalue weighted by Gasteiger charge is -2.20. The summed E-state index contributed by atoms with van der Waals surface area (Å²) in [6.07, 6.45) is -2.96. The first-order valence-electron chi connectivity index (χ1n) is 6.62. The molecule has 0 radical (unpaired) electrons. The second kappa shape index (κ2) is 6.77. The third-order valence-corrected chi connectivity index (χ3v) is 3.26. The number of fused-ring (bicyclic) bond motifs is 1. The van der Waals surface area contributed by atoms with E-state index in [0.717, 1.165) is 6.42 Å². The molecule has 7 heteroatoms. The molecule has 1 aromatic rings. The highest BCUT2D eigenvalue weighted by molar-refractivity contribution is 5.85. The van der Waals surface area contributed by atoms with Crippen LogP contribution in [0, 0.1) is 5.92 Å². The molecule has 2 atom stereocenters. The Hall–Kier alpha value is -1.11. The number of nitrogens with two attached hydrogens (primary N) is 1. The van der Waals surface area contributed by atoms with E-state index < -0.39 is 18.4 Å². The first kappa shape index (κ1) is 17.9. The number of benzene rings is 1. The highest BCUT2D eigenvalue weighted by Crippen LogP contribution is 2.42. The van der Waals surface area contributed by atoms with Gasteiger partial charge in [0.15, 0.2) is 11.5 Å². The van der Waals surface area contributed by atoms with Crippen molar-refractivity contribution in [2.45, 2.75) is 45.1 Å². The number of hydrogen-bond acceptors (Lipinski definition) is 4. The molecule has 1 heterocycles. The number of alkyl halides is 2. The van der Waals surface area contributed by atoms with E-state index in [9.17, 15) is 13.9 Å². The second-order valence-corrected chi connectivity index (χ2v) is 5.44. The molecule has 0 amide bonds. The third kappa shape index (κ3) is 4.43. The summed E-state index contributed by atoms with van der Waals surface area (Å²) in [5.41, 5.74) is 6.50. The van der Waals surface area contributed by atoms with Gasteiger partial charge in [-0.15, -0.1) is 21.2 Å². The molecule has 0 saturated heterocycles. The minimum absolute atomic E-state index is 0. The van der Waals surface area contributed by atoms with Gasteiger partial charge in [-0.3, -0.25) is 0 Å². The fraction of sp³-hybridized carbons (Fsp3) is 0.571. The quantitative estimate of drug-likeness (QED) is 0.873. The fourth-order valence-corrected chi connectivity index (χ4v) is 2.08. The molecule has 0 aromatic heterocycles. The zero-order valence-corrected chi connectivity index (χ0v) is 12.7. The Morgan fingerprint density at radius 1 is 1.19 bits per heavy atom. The van der Waals surface area contributed by atoms with E-state index in [1.54, 1.807) is 6.07 Å². The van der Waals surface area contributed by atoms with E-state index in [0.29, 0.717) is 17.9 Å². The molecule has 21 heavy (non-hydrogen) atoms.